The van der Waals surface area contributed by atoms with E-state index in [1.54, 1.807) is 12.1 Å². The van der Waals surface area contributed by atoms with Gasteiger partial charge in [-0.05, 0) is 30.3 Å². The van der Waals surface area contributed by atoms with Crippen LogP contribution in [0.1, 0.15) is 0 Å². The van der Waals surface area contributed by atoms with Gasteiger partial charge in [-0.25, -0.2) is 0 Å². The van der Waals surface area contributed by atoms with Gasteiger partial charge in [-0.15, -0.1) is 0 Å². The van der Waals surface area contributed by atoms with E-state index >= 15 is 0 Å². The Labute approximate surface area is 98.2 Å². The quantitative estimate of drug-likeness (QED) is 0.641. The maximum atomic E-state index is 10.7. The highest BCUT2D eigenvalue weighted by Gasteiger charge is 1.94. The molecule has 0 amide bonds. The van der Waals surface area contributed by atoms with Crippen molar-refractivity contribution in [3.8, 4) is 0 Å². The van der Waals surface area contributed by atoms with Gasteiger partial charge in [0, 0.05) is 0 Å². The van der Waals surface area contributed by atoms with Crippen LogP contribution in [0.2, 0.25) is 0 Å². The number of rotatable bonds is 3. The van der Waals surface area contributed by atoms with Crippen LogP contribution in [0.5, 0.6) is 0 Å². The van der Waals surface area contributed by atoms with E-state index in [0.29, 0.717) is 5.69 Å². The molecule has 86 valence electrons. The lowest BCUT2D eigenvalue weighted by molar-refractivity contribution is 0.296. The number of benzene rings is 2. The first-order valence-electron chi connectivity index (χ1n) is 4.99. The van der Waals surface area contributed by atoms with Crippen LogP contribution in [0, 0.1) is 5.21 Å². The average molecular weight is 228 g/mol. The van der Waals surface area contributed by atoms with E-state index in [-0.39, 0.29) is 10.9 Å². The molecule has 0 aliphatic rings. The number of anilines is 1. The van der Waals surface area contributed by atoms with E-state index < -0.39 is 0 Å². The average Bonchev–Trinajstić information content (AvgIpc) is 2.38. The molecule has 0 spiro atoms. The van der Waals surface area contributed by atoms with Gasteiger partial charge in [0.05, 0.1) is 17.1 Å². The summed E-state index contributed by atoms with van der Waals surface area (Å²) in [5.41, 5.74) is 1.34. The van der Waals surface area contributed by atoms with Crippen molar-refractivity contribution in [3.05, 3.63) is 59.8 Å². The van der Waals surface area contributed by atoms with Crippen molar-refractivity contribution in [2.45, 2.75) is 0 Å². The molecule has 2 rings (SSSR count). The van der Waals surface area contributed by atoms with Crippen LogP contribution in [0.4, 0.5) is 17.1 Å². The van der Waals surface area contributed by atoms with Crippen molar-refractivity contribution in [2.75, 3.05) is 5.23 Å². The van der Waals surface area contributed by atoms with Gasteiger partial charge in [-0.2, -0.15) is 10.2 Å². The molecule has 0 saturated heterocycles. The maximum absolute atomic E-state index is 10.7. The normalized spacial score (nSPS) is 10.7. The predicted molar refractivity (Wildman–Crippen MR) is 64.7 cm³/mol. The molecule has 5 nitrogen and oxygen atoms in total. The van der Waals surface area contributed by atoms with Crippen LogP contribution >= 0.6 is 0 Å². The van der Waals surface area contributed by atoms with Crippen LogP contribution in [-0.4, -0.2) is 5.21 Å². The SMILES string of the molecule is [O-]N(O)c1cccc(N=Nc2ccccc2)c1. The van der Waals surface area contributed by atoms with Crippen LogP contribution in [-0.2, 0) is 0 Å². The Hall–Kier alpha value is -2.24. The zero-order valence-electron chi connectivity index (χ0n) is 8.89. The van der Waals surface area contributed by atoms with Crippen molar-refractivity contribution in [1.82, 2.24) is 0 Å². The molecule has 0 aliphatic carbocycles. The Kier molecular flexibility index (Phi) is 3.44. The van der Waals surface area contributed by atoms with Gasteiger partial charge in [0.15, 0.2) is 0 Å². The van der Waals surface area contributed by atoms with Crippen LogP contribution in [0.25, 0.3) is 0 Å². The summed E-state index contributed by atoms with van der Waals surface area (Å²) < 4.78 is 0. The summed E-state index contributed by atoms with van der Waals surface area (Å²) in [5.74, 6) is 0. The monoisotopic (exact) mass is 228 g/mol. The third kappa shape index (κ3) is 3.10. The Bertz CT molecular complexity index is 512. The molecule has 0 saturated carbocycles. The van der Waals surface area contributed by atoms with Crippen molar-refractivity contribution in [2.24, 2.45) is 10.2 Å². The first-order chi connectivity index (χ1) is 8.25. The van der Waals surface area contributed by atoms with Gasteiger partial charge in [0.1, 0.15) is 0 Å². The third-order valence-corrected chi connectivity index (χ3v) is 2.09. The van der Waals surface area contributed by atoms with Crippen molar-refractivity contribution >= 4 is 17.1 Å². The Morgan fingerprint density at radius 1 is 0.882 bits per heavy atom. The summed E-state index contributed by atoms with van der Waals surface area (Å²) in [7, 11) is 0. The lowest BCUT2D eigenvalue weighted by Gasteiger charge is -2.21. The van der Waals surface area contributed by atoms with Gasteiger partial charge in [-0.1, -0.05) is 24.3 Å². The molecule has 1 N–H and O–H groups in total. The van der Waals surface area contributed by atoms with E-state index in [9.17, 15) is 5.21 Å². The van der Waals surface area contributed by atoms with Crippen molar-refractivity contribution < 1.29 is 5.21 Å². The molecule has 2 aromatic rings. The zero-order chi connectivity index (χ0) is 12.1. The summed E-state index contributed by atoms with van der Waals surface area (Å²) in [6.45, 7) is 0. The molecule has 0 fully saturated rings. The molecule has 2 aromatic carbocycles. The second kappa shape index (κ2) is 5.20. The molecule has 0 aromatic heterocycles. The second-order valence-corrected chi connectivity index (χ2v) is 3.33. The molecule has 0 radical (unpaired) electrons. The molecule has 17 heavy (non-hydrogen) atoms. The fraction of sp³-hybridized carbons (Fsp3) is 0. The smallest absolute Gasteiger partial charge is 0.0878 e. The summed E-state index contributed by atoms with van der Waals surface area (Å²) >= 11 is 0. The van der Waals surface area contributed by atoms with Gasteiger partial charge < -0.3 is 10.4 Å². The highest BCUT2D eigenvalue weighted by Crippen LogP contribution is 2.22. The Morgan fingerprint density at radius 3 is 2.24 bits per heavy atom. The summed E-state index contributed by atoms with van der Waals surface area (Å²) in [6.07, 6.45) is 0. The summed E-state index contributed by atoms with van der Waals surface area (Å²) in [6, 6.07) is 15.5. The largest absolute Gasteiger partial charge is 0.733 e. The minimum atomic E-state index is -0.207. The minimum Gasteiger partial charge on any atom is -0.733 e. The molecular formula is C12H10N3O2-. The topological polar surface area (TPSA) is 71.2 Å². The Balaban J connectivity index is 2.19. The summed E-state index contributed by atoms with van der Waals surface area (Å²) in [4.78, 5) is 0. The third-order valence-electron chi connectivity index (χ3n) is 2.09. The Morgan fingerprint density at radius 2 is 1.53 bits per heavy atom. The number of azo groups is 1. The predicted octanol–water partition coefficient (Wildman–Crippen LogP) is 3.80. The molecule has 0 aliphatic heterocycles. The van der Waals surface area contributed by atoms with E-state index in [0.717, 1.165) is 5.69 Å². The lowest BCUT2D eigenvalue weighted by Crippen LogP contribution is -2.06. The minimum absolute atomic E-state index is 0.120. The van der Waals surface area contributed by atoms with E-state index in [4.69, 9.17) is 5.21 Å². The van der Waals surface area contributed by atoms with Crippen LogP contribution in [0.15, 0.2) is 64.8 Å². The highest BCUT2D eigenvalue weighted by atomic mass is 16.8. The number of hydrogen-bond acceptors (Lipinski definition) is 5. The fourth-order valence-corrected chi connectivity index (χ4v) is 1.28. The van der Waals surface area contributed by atoms with Gasteiger partial charge in [0.2, 0.25) is 0 Å². The van der Waals surface area contributed by atoms with Gasteiger partial charge in [-0.3, -0.25) is 5.21 Å². The number of hydrogen-bond donors (Lipinski definition) is 1. The maximum Gasteiger partial charge on any atom is 0.0878 e. The van der Waals surface area contributed by atoms with E-state index in [1.807, 2.05) is 30.3 Å². The molecular weight excluding hydrogens is 218 g/mol. The first-order valence-corrected chi connectivity index (χ1v) is 4.99. The molecule has 0 atom stereocenters. The lowest BCUT2D eigenvalue weighted by atomic mass is 10.3. The fourth-order valence-electron chi connectivity index (χ4n) is 1.28. The van der Waals surface area contributed by atoms with Crippen molar-refractivity contribution in [1.29, 1.82) is 0 Å². The summed E-state index contributed by atoms with van der Waals surface area (Å²) in [5, 5.41) is 27.2. The van der Waals surface area contributed by atoms with Crippen molar-refractivity contribution in [3.63, 3.8) is 0 Å². The van der Waals surface area contributed by atoms with Crippen LogP contribution in [0.3, 0.4) is 0 Å². The number of nitrogens with zero attached hydrogens (tertiary/aromatic N) is 3. The van der Waals surface area contributed by atoms with Gasteiger partial charge in [0.25, 0.3) is 0 Å². The highest BCUT2D eigenvalue weighted by molar-refractivity contribution is 5.54. The van der Waals surface area contributed by atoms with Crippen LogP contribution < -0.4 is 5.23 Å². The van der Waals surface area contributed by atoms with E-state index in [2.05, 4.69) is 10.2 Å². The molecule has 0 unspecified atom stereocenters. The molecule has 0 bridgehead atoms. The second-order valence-electron chi connectivity index (χ2n) is 3.33. The molecule has 0 heterocycles. The zero-order valence-corrected chi connectivity index (χ0v) is 8.89. The molecule has 5 heteroatoms. The first kappa shape index (κ1) is 11.3. The van der Waals surface area contributed by atoms with Gasteiger partial charge >= 0.3 is 0 Å². The standard InChI is InChI=1S/C12H10N3O2/c16-15(17)12-8-4-7-11(9-12)14-13-10-5-2-1-3-6-10/h1-9,16H/q-1. The van der Waals surface area contributed by atoms with E-state index in [1.165, 1.54) is 12.1 Å².